The highest BCUT2D eigenvalue weighted by atomic mass is 35.5. The van der Waals surface area contributed by atoms with Gasteiger partial charge in [-0.3, -0.25) is 9.59 Å². The summed E-state index contributed by atoms with van der Waals surface area (Å²) in [6.07, 6.45) is 4.02. The summed E-state index contributed by atoms with van der Waals surface area (Å²) >= 11 is 11.7. The van der Waals surface area contributed by atoms with E-state index in [1.54, 1.807) is 54.7 Å². The number of carbonyl (C=O) groups is 2. The van der Waals surface area contributed by atoms with Crippen molar-refractivity contribution in [1.82, 2.24) is 4.98 Å². The molecule has 1 aliphatic rings. The van der Waals surface area contributed by atoms with Crippen molar-refractivity contribution >= 4 is 46.5 Å². The molecule has 1 heterocycles. The fourth-order valence-electron chi connectivity index (χ4n) is 3.52. The lowest BCUT2D eigenvalue weighted by atomic mass is 10.1. The van der Waals surface area contributed by atoms with Crippen LogP contribution in [0.2, 0.25) is 10.0 Å². The van der Waals surface area contributed by atoms with Crippen LogP contribution in [-0.2, 0) is 22.4 Å². The summed E-state index contributed by atoms with van der Waals surface area (Å²) in [5.74, 6) is 0.972. The molecule has 0 fully saturated rings. The number of rotatable bonds is 8. The van der Waals surface area contributed by atoms with Crippen molar-refractivity contribution in [3.63, 3.8) is 0 Å². The average Bonchev–Trinajstić information content (AvgIpc) is 3.31. The highest BCUT2D eigenvalue weighted by Crippen LogP contribution is 2.33. The number of ether oxygens (including phenoxy) is 2. The Kier molecular flexibility index (Phi) is 7.32. The van der Waals surface area contributed by atoms with E-state index in [0.29, 0.717) is 33.0 Å². The molecule has 3 aromatic rings. The number of hydrogen-bond donors (Lipinski definition) is 2. The van der Waals surface area contributed by atoms with Crippen LogP contribution in [0.4, 0.5) is 11.5 Å². The lowest BCUT2D eigenvalue weighted by Crippen LogP contribution is -2.23. The summed E-state index contributed by atoms with van der Waals surface area (Å²) in [7, 11) is 0. The first-order chi connectivity index (χ1) is 16.0. The molecule has 2 aromatic carbocycles. The van der Waals surface area contributed by atoms with Gasteiger partial charge in [-0.15, -0.1) is 0 Å². The maximum Gasteiger partial charge on any atom is 0.263 e. The number of anilines is 2. The van der Waals surface area contributed by atoms with Crippen molar-refractivity contribution < 1.29 is 19.1 Å². The summed E-state index contributed by atoms with van der Waals surface area (Å²) in [6.45, 7) is -0.296. The van der Waals surface area contributed by atoms with Crippen LogP contribution in [-0.4, -0.2) is 30.0 Å². The fraction of sp³-hybridized carbons (Fsp3) is 0.208. The van der Waals surface area contributed by atoms with Crippen molar-refractivity contribution in [2.45, 2.75) is 19.3 Å². The van der Waals surface area contributed by atoms with Gasteiger partial charge in [-0.1, -0.05) is 23.2 Å². The molecule has 2 N–H and O–H groups in total. The molecule has 33 heavy (non-hydrogen) atoms. The first-order valence-corrected chi connectivity index (χ1v) is 11.1. The van der Waals surface area contributed by atoms with Crippen LogP contribution in [0.3, 0.4) is 0 Å². The van der Waals surface area contributed by atoms with Crippen LogP contribution >= 0.6 is 23.2 Å². The first kappa shape index (κ1) is 22.9. The minimum atomic E-state index is -0.320. The maximum atomic E-state index is 12.4. The van der Waals surface area contributed by atoms with Crippen LogP contribution < -0.4 is 20.1 Å². The van der Waals surface area contributed by atoms with E-state index in [0.717, 1.165) is 30.4 Å². The first-order valence-electron chi connectivity index (χ1n) is 10.3. The summed E-state index contributed by atoms with van der Waals surface area (Å²) in [4.78, 5) is 29.1. The molecule has 4 rings (SSSR count). The summed E-state index contributed by atoms with van der Waals surface area (Å²) < 4.78 is 11.0. The number of nitrogens with zero attached hydrogens (tertiary/aromatic N) is 1. The van der Waals surface area contributed by atoms with Gasteiger partial charge in [0.1, 0.15) is 17.3 Å². The summed E-state index contributed by atoms with van der Waals surface area (Å²) in [5.41, 5.74) is 2.52. The number of hydrogen-bond acceptors (Lipinski definition) is 5. The number of benzene rings is 2. The predicted molar refractivity (Wildman–Crippen MR) is 127 cm³/mol. The van der Waals surface area contributed by atoms with Crippen molar-refractivity contribution in [3.8, 4) is 11.5 Å². The monoisotopic (exact) mass is 485 g/mol. The highest BCUT2D eigenvalue weighted by Gasteiger charge is 2.22. The molecule has 0 saturated heterocycles. The molecule has 0 saturated carbocycles. The summed E-state index contributed by atoms with van der Waals surface area (Å²) in [6, 6.07) is 13.6. The van der Waals surface area contributed by atoms with Crippen molar-refractivity contribution in [1.29, 1.82) is 0 Å². The van der Waals surface area contributed by atoms with E-state index in [1.165, 1.54) is 0 Å². The average molecular weight is 486 g/mol. The molecule has 0 unspecified atom stereocenters. The van der Waals surface area contributed by atoms with Gasteiger partial charge in [0.2, 0.25) is 0 Å². The Labute approximate surface area is 201 Å². The Bertz CT molecular complexity index is 1060. The van der Waals surface area contributed by atoms with E-state index in [9.17, 15) is 9.59 Å². The number of halogens is 2. The maximum absolute atomic E-state index is 12.4. The smallest absolute Gasteiger partial charge is 0.263 e. The zero-order chi connectivity index (χ0) is 23.2. The van der Waals surface area contributed by atoms with Gasteiger partial charge in [0, 0.05) is 15.6 Å². The second kappa shape index (κ2) is 10.6. The number of pyridine rings is 1. The van der Waals surface area contributed by atoms with Gasteiger partial charge in [-0.05, 0) is 73.4 Å². The molecular formula is C24H21Cl2N3O4. The van der Waals surface area contributed by atoms with E-state index in [2.05, 4.69) is 15.6 Å². The van der Waals surface area contributed by atoms with E-state index >= 15 is 0 Å². The zero-order valence-electron chi connectivity index (χ0n) is 17.6. The lowest BCUT2D eigenvalue weighted by Gasteiger charge is -2.14. The zero-order valence-corrected chi connectivity index (χ0v) is 19.1. The second-order valence-corrected chi connectivity index (χ2v) is 8.29. The Morgan fingerprint density at radius 3 is 1.88 bits per heavy atom. The molecule has 170 valence electrons. The number of amides is 2. The van der Waals surface area contributed by atoms with Crippen LogP contribution in [0, 0.1) is 0 Å². The number of fused-ring (bicyclic) bond motifs is 1. The van der Waals surface area contributed by atoms with Gasteiger partial charge in [0.25, 0.3) is 11.8 Å². The Balaban J connectivity index is 1.35. The van der Waals surface area contributed by atoms with Gasteiger partial charge >= 0.3 is 0 Å². The molecule has 2 amide bonds. The van der Waals surface area contributed by atoms with Gasteiger partial charge < -0.3 is 20.1 Å². The number of carbonyl (C=O) groups excluding carboxylic acids is 2. The topological polar surface area (TPSA) is 89.5 Å². The molecule has 0 bridgehead atoms. The standard InChI is InChI=1S/C24H21Cl2N3O4/c25-15-4-8-17(9-5-15)32-13-22(30)28-21-12-27-24(20-3-1-2-19(20)21)29-23(31)14-33-18-10-6-16(26)7-11-18/h4-12H,1-3,13-14H2,(H,28,30)(H,27,29,31). The molecule has 0 aliphatic heterocycles. The van der Waals surface area contributed by atoms with Crippen molar-refractivity contribution in [2.24, 2.45) is 0 Å². The minimum absolute atomic E-state index is 0.142. The van der Waals surface area contributed by atoms with Crippen LogP contribution in [0.5, 0.6) is 11.5 Å². The third-order valence-electron chi connectivity index (χ3n) is 5.05. The highest BCUT2D eigenvalue weighted by molar-refractivity contribution is 6.30. The Hall–Kier alpha value is -3.29. The van der Waals surface area contributed by atoms with E-state index in [4.69, 9.17) is 32.7 Å². The largest absolute Gasteiger partial charge is 0.484 e. The van der Waals surface area contributed by atoms with E-state index in [-0.39, 0.29) is 25.0 Å². The van der Waals surface area contributed by atoms with Gasteiger partial charge in [-0.25, -0.2) is 4.98 Å². The molecule has 0 radical (unpaired) electrons. The van der Waals surface area contributed by atoms with E-state index in [1.807, 2.05) is 0 Å². The molecule has 1 aromatic heterocycles. The van der Waals surface area contributed by atoms with Gasteiger partial charge in [-0.2, -0.15) is 0 Å². The fourth-order valence-corrected chi connectivity index (χ4v) is 3.77. The third kappa shape index (κ3) is 6.15. The molecule has 0 spiro atoms. The number of aromatic nitrogens is 1. The number of nitrogens with one attached hydrogen (secondary N) is 2. The van der Waals surface area contributed by atoms with Gasteiger partial charge in [0.15, 0.2) is 13.2 Å². The minimum Gasteiger partial charge on any atom is -0.484 e. The Morgan fingerprint density at radius 2 is 1.30 bits per heavy atom. The predicted octanol–water partition coefficient (Wildman–Crippen LogP) is 4.91. The molecule has 7 nitrogen and oxygen atoms in total. The molecule has 9 heteroatoms. The molecular weight excluding hydrogens is 465 g/mol. The summed E-state index contributed by atoms with van der Waals surface area (Å²) in [5, 5.41) is 6.85. The SMILES string of the molecule is O=C(COc1ccc(Cl)cc1)Nc1cnc(NC(=O)COc2ccc(Cl)cc2)c2c1CCC2. The normalized spacial score (nSPS) is 12.1. The molecule has 0 atom stereocenters. The quantitative estimate of drug-likeness (QED) is 0.472. The van der Waals surface area contributed by atoms with Gasteiger partial charge in [0.05, 0.1) is 11.9 Å². The van der Waals surface area contributed by atoms with Crippen LogP contribution in [0.15, 0.2) is 54.7 Å². The van der Waals surface area contributed by atoms with E-state index < -0.39 is 0 Å². The Morgan fingerprint density at radius 1 is 0.788 bits per heavy atom. The van der Waals surface area contributed by atoms with Crippen LogP contribution in [0.25, 0.3) is 0 Å². The van der Waals surface area contributed by atoms with Crippen molar-refractivity contribution in [3.05, 3.63) is 75.9 Å². The van der Waals surface area contributed by atoms with Crippen LogP contribution in [0.1, 0.15) is 17.5 Å². The molecule has 1 aliphatic carbocycles. The lowest BCUT2D eigenvalue weighted by molar-refractivity contribution is -0.118. The van der Waals surface area contributed by atoms with Crippen molar-refractivity contribution in [2.75, 3.05) is 23.8 Å². The second-order valence-electron chi connectivity index (χ2n) is 7.41. The third-order valence-corrected chi connectivity index (χ3v) is 5.55.